The number of hydrazine groups is 1. The van der Waals surface area contributed by atoms with Crippen molar-refractivity contribution in [2.75, 3.05) is 0 Å². The number of amides is 1. The second kappa shape index (κ2) is 4.83. The quantitative estimate of drug-likeness (QED) is 0.200. The van der Waals surface area contributed by atoms with Crippen LogP contribution in [0.2, 0.25) is 0 Å². The first kappa shape index (κ1) is 10.0. The predicted molar refractivity (Wildman–Crippen MR) is 51.4 cm³/mol. The lowest BCUT2D eigenvalue weighted by molar-refractivity contribution is 0.0953. The number of ether oxygens (including phenoxy) is 1. The molecule has 1 amide bonds. The molecule has 0 bridgehead atoms. The Balaban J connectivity index is 2.83. The zero-order valence-electron chi connectivity index (χ0n) is 7.31. The Bertz CT molecular complexity index is 351. The van der Waals surface area contributed by atoms with Gasteiger partial charge in [-0.15, -0.1) is 0 Å². The number of nitrogens with two attached hydrogens (primary N) is 2. The topological polar surface area (TPSA) is 103 Å². The van der Waals surface area contributed by atoms with Crippen LogP contribution in [0.3, 0.4) is 0 Å². The fourth-order valence-corrected chi connectivity index (χ4v) is 0.885. The fourth-order valence-electron chi connectivity index (χ4n) is 0.885. The lowest BCUT2D eigenvalue weighted by Crippen LogP contribution is -2.29. The maximum atomic E-state index is 11.1. The third kappa shape index (κ3) is 2.46. The maximum absolute atomic E-state index is 11.1. The SMILES string of the molecule is NN=COc1cccc(C(=O)NN)c1. The van der Waals surface area contributed by atoms with Gasteiger partial charge in [0.05, 0.1) is 0 Å². The summed E-state index contributed by atoms with van der Waals surface area (Å²) >= 11 is 0. The zero-order chi connectivity index (χ0) is 10.4. The molecule has 74 valence electrons. The van der Waals surface area contributed by atoms with Crippen molar-refractivity contribution in [1.82, 2.24) is 5.43 Å². The second-order valence-corrected chi connectivity index (χ2v) is 2.37. The molecule has 0 aliphatic carbocycles. The third-order valence-corrected chi connectivity index (χ3v) is 1.48. The zero-order valence-corrected chi connectivity index (χ0v) is 7.31. The van der Waals surface area contributed by atoms with Crippen LogP contribution in [-0.4, -0.2) is 12.3 Å². The van der Waals surface area contributed by atoms with Crippen LogP contribution >= 0.6 is 0 Å². The Morgan fingerprint density at radius 2 is 2.36 bits per heavy atom. The van der Waals surface area contributed by atoms with Gasteiger partial charge in [0.1, 0.15) is 5.75 Å². The van der Waals surface area contributed by atoms with E-state index in [4.69, 9.17) is 16.4 Å². The van der Waals surface area contributed by atoms with Crippen LogP contribution in [0, 0.1) is 0 Å². The number of hydrogen-bond donors (Lipinski definition) is 3. The van der Waals surface area contributed by atoms with Gasteiger partial charge >= 0.3 is 0 Å². The molecule has 5 N–H and O–H groups in total. The minimum absolute atomic E-state index is 0.389. The van der Waals surface area contributed by atoms with E-state index in [1.54, 1.807) is 18.2 Å². The molecule has 0 aliphatic rings. The van der Waals surface area contributed by atoms with Crippen LogP contribution < -0.4 is 21.8 Å². The van der Waals surface area contributed by atoms with E-state index in [0.717, 1.165) is 6.40 Å². The summed E-state index contributed by atoms with van der Waals surface area (Å²) in [6.07, 6.45) is 1.07. The summed E-state index contributed by atoms with van der Waals surface area (Å²) in [5.74, 6) is 9.88. The number of nitrogens with one attached hydrogen (secondary N) is 1. The highest BCUT2D eigenvalue weighted by molar-refractivity contribution is 5.94. The minimum Gasteiger partial charge on any atom is -0.444 e. The molecule has 6 heteroatoms. The van der Waals surface area contributed by atoms with Gasteiger partial charge in [0.2, 0.25) is 0 Å². The molecule has 1 rings (SSSR count). The van der Waals surface area contributed by atoms with Gasteiger partial charge in [0, 0.05) is 5.56 Å². The first-order valence-corrected chi connectivity index (χ1v) is 3.77. The molecule has 0 saturated carbocycles. The van der Waals surface area contributed by atoms with Crippen LogP contribution in [0.1, 0.15) is 10.4 Å². The van der Waals surface area contributed by atoms with Gasteiger partial charge in [0.15, 0.2) is 6.40 Å². The van der Waals surface area contributed by atoms with E-state index in [0.29, 0.717) is 11.3 Å². The molecule has 0 heterocycles. The van der Waals surface area contributed by atoms with E-state index in [2.05, 4.69) is 5.10 Å². The molecular formula is C8H10N4O2. The Hall–Kier alpha value is -2.08. The molecule has 0 spiro atoms. The number of hydrogen-bond acceptors (Lipinski definition) is 5. The van der Waals surface area contributed by atoms with Crippen molar-refractivity contribution in [2.24, 2.45) is 16.8 Å². The van der Waals surface area contributed by atoms with E-state index >= 15 is 0 Å². The molecule has 6 nitrogen and oxygen atoms in total. The summed E-state index contributed by atoms with van der Waals surface area (Å²) in [6, 6.07) is 6.44. The summed E-state index contributed by atoms with van der Waals surface area (Å²) in [4.78, 5) is 11.1. The molecule has 1 aromatic carbocycles. The largest absolute Gasteiger partial charge is 0.444 e. The van der Waals surface area contributed by atoms with Crippen molar-refractivity contribution in [2.45, 2.75) is 0 Å². The summed E-state index contributed by atoms with van der Waals surface area (Å²) in [7, 11) is 0. The summed E-state index contributed by atoms with van der Waals surface area (Å²) < 4.78 is 4.95. The van der Waals surface area contributed by atoms with E-state index < -0.39 is 0 Å². The Labute approximate surface area is 80.5 Å². The van der Waals surface area contributed by atoms with E-state index in [-0.39, 0.29) is 5.91 Å². The summed E-state index contributed by atoms with van der Waals surface area (Å²) in [5, 5.41) is 3.15. The smallest absolute Gasteiger partial charge is 0.265 e. The molecule has 0 saturated heterocycles. The highest BCUT2D eigenvalue weighted by Gasteiger charge is 2.03. The Morgan fingerprint density at radius 3 is 3.00 bits per heavy atom. The standard InChI is InChI=1S/C8H10N4O2/c9-11-5-14-7-3-1-2-6(4-7)8(13)12-10/h1-5H,9-10H2,(H,12,13). The van der Waals surface area contributed by atoms with Crippen LogP contribution in [-0.2, 0) is 0 Å². The molecule has 1 aromatic rings. The molecule has 0 atom stereocenters. The fraction of sp³-hybridized carbons (Fsp3) is 0. The van der Waals surface area contributed by atoms with Crippen molar-refractivity contribution >= 4 is 12.3 Å². The van der Waals surface area contributed by atoms with Crippen molar-refractivity contribution in [3.8, 4) is 5.75 Å². The van der Waals surface area contributed by atoms with Gasteiger partial charge in [-0.05, 0) is 18.2 Å². The van der Waals surface area contributed by atoms with Crippen LogP contribution in [0.5, 0.6) is 5.75 Å². The van der Waals surface area contributed by atoms with Gasteiger partial charge in [0.25, 0.3) is 5.91 Å². The maximum Gasteiger partial charge on any atom is 0.265 e. The summed E-state index contributed by atoms with van der Waals surface area (Å²) in [5.41, 5.74) is 2.41. The average molecular weight is 194 g/mol. The number of rotatable bonds is 3. The van der Waals surface area contributed by atoms with Gasteiger partial charge in [-0.2, -0.15) is 5.10 Å². The monoisotopic (exact) mass is 194 g/mol. The Kier molecular flexibility index (Phi) is 3.45. The number of benzene rings is 1. The normalized spacial score (nSPS) is 10.1. The molecule has 0 aromatic heterocycles. The number of hydrazone groups is 1. The van der Waals surface area contributed by atoms with E-state index in [1.165, 1.54) is 6.07 Å². The lowest BCUT2D eigenvalue weighted by atomic mass is 10.2. The lowest BCUT2D eigenvalue weighted by Gasteiger charge is -2.02. The van der Waals surface area contributed by atoms with Gasteiger partial charge < -0.3 is 10.6 Å². The Morgan fingerprint density at radius 1 is 1.57 bits per heavy atom. The van der Waals surface area contributed by atoms with Crippen molar-refractivity contribution in [1.29, 1.82) is 0 Å². The number of carbonyl (C=O) groups excluding carboxylic acids is 1. The number of carbonyl (C=O) groups is 1. The van der Waals surface area contributed by atoms with Crippen molar-refractivity contribution < 1.29 is 9.53 Å². The first-order chi connectivity index (χ1) is 6.77. The van der Waals surface area contributed by atoms with Gasteiger partial charge in [-0.1, -0.05) is 6.07 Å². The van der Waals surface area contributed by atoms with E-state index in [9.17, 15) is 4.79 Å². The first-order valence-electron chi connectivity index (χ1n) is 3.77. The van der Waals surface area contributed by atoms with Crippen LogP contribution in [0.4, 0.5) is 0 Å². The number of nitrogen functional groups attached to an aromatic ring is 1. The van der Waals surface area contributed by atoms with Crippen LogP contribution in [0.25, 0.3) is 0 Å². The molecule has 0 fully saturated rings. The van der Waals surface area contributed by atoms with Crippen LogP contribution in [0.15, 0.2) is 29.4 Å². The molecule has 0 unspecified atom stereocenters. The summed E-state index contributed by atoms with van der Waals surface area (Å²) in [6.45, 7) is 0. The third-order valence-electron chi connectivity index (χ3n) is 1.48. The molecule has 14 heavy (non-hydrogen) atoms. The molecule has 0 aliphatic heterocycles. The average Bonchev–Trinajstić information content (AvgIpc) is 2.25. The van der Waals surface area contributed by atoms with Crippen molar-refractivity contribution in [3.63, 3.8) is 0 Å². The highest BCUT2D eigenvalue weighted by atomic mass is 16.5. The van der Waals surface area contributed by atoms with Gasteiger partial charge in [-0.3, -0.25) is 10.2 Å². The predicted octanol–water partition coefficient (Wildman–Crippen LogP) is -0.429. The molecular weight excluding hydrogens is 184 g/mol. The number of nitrogens with zero attached hydrogens (tertiary/aromatic N) is 1. The molecule has 0 radical (unpaired) electrons. The highest BCUT2D eigenvalue weighted by Crippen LogP contribution is 2.12. The van der Waals surface area contributed by atoms with Crippen molar-refractivity contribution in [3.05, 3.63) is 29.8 Å². The minimum atomic E-state index is -0.389. The second-order valence-electron chi connectivity index (χ2n) is 2.37. The van der Waals surface area contributed by atoms with E-state index in [1.807, 2.05) is 5.43 Å². The van der Waals surface area contributed by atoms with Gasteiger partial charge in [-0.25, -0.2) is 5.84 Å².